The van der Waals surface area contributed by atoms with Gasteiger partial charge in [-0.1, -0.05) is 42.5 Å². The van der Waals surface area contributed by atoms with Crippen molar-refractivity contribution in [2.75, 3.05) is 0 Å². The molecule has 19 heavy (non-hydrogen) atoms. The van der Waals surface area contributed by atoms with Crippen LogP contribution < -0.4 is 5.32 Å². The molecule has 0 spiro atoms. The van der Waals surface area contributed by atoms with Crippen molar-refractivity contribution in [3.05, 3.63) is 69.9 Å². The molecule has 0 atom stereocenters. The van der Waals surface area contributed by atoms with E-state index < -0.39 is 0 Å². The first-order chi connectivity index (χ1) is 9.34. The first-order valence-electron chi connectivity index (χ1n) is 6.53. The van der Waals surface area contributed by atoms with Crippen LogP contribution in [0.4, 0.5) is 0 Å². The molecule has 0 aliphatic heterocycles. The van der Waals surface area contributed by atoms with Crippen molar-refractivity contribution in [3.63, 3.8) is 0 Å². The van der Waals surface area contributed by atoms with Gasteiger partial charge in [0.25, 0.3) is 0 Å². The Bertz CT molecular complexity index is 679. The summed E-state index contributed by atoms with van der Waals surface area (Å²) in [6.45, 7) is 4.03. The molecule has 2 aromatic carbocycles. The molecule has 1 aromatic heterocycles. The lowest BCUT2D eigenvalue weighted by Gasteiger charge is -2.08. The molecular formula is C17H17NS. The molecule has 0 saturated heterocycles. The molecule has 0 fully saturated rings. The third-order valence-electron chi connectivity index (χ3n) is 3.47. The van der Waals surface area contributed by atoms with E-state index in [1.54, 1.807) is 11.3 Å². The van der Waals surface area contributed by atoms with Gasteiger partial charge in [-0.3, -0.25) is 0 Å². The molecule has 1 nitrogen and oxygen atoms in total. The highest BCUT2D eigenvalue weighted by Crippen LogP contribution is 2.19. The Labute approximate surface area is 117 Å². The zero-order valence-electron chi connectivity index (χ0n) is 11.0. The highest BCUT2D eigenvalue weighted by molar-refractivity contribution is 7.08. The van der Waals surface area contributed by atoms with Gasteiger partial charge in [0.05, 0.1) is 0 Å². The first-order valence-corrected chi connectivity index (χ1v) is 7.48. The Balaban J connectivity index is 1.74. The van der Waals surface area contributed by atoms with Crippen molar-refractivity contribution >= 4 is 22.1 Å². The maximum absolute atomic E-state index is 3.54. The van der Waals surface area contributed by atoms with Crippen LogP contribution in [-0.2, 0) is 13.1 Å². The Kier molecular flexibility index (Phi) is 3.62. The zero-order valence-corrected chi connectivity index (χ0v) is 11.8. The molecule has 0 unspecified atom stereocenters. The topological polar surface area (TPSA) is 12.0 Å². The molecular weight excluding hydrogens is 250 g/mol. The smallest absolute Gasteiger partial charge is 0.0219 e. The van der Waals surface area contributed by atoms with Gasteiger partial charge in [-0.2, -0.15) is 11.3 Å². The van der Waals surface area contributed by atoms with Crippen LogP contribution in [0.2, 0.25) is 0 Å². The van der Waals surface area contributed by atoms with Crippen LogP contribution in [0, 0.1) is 6.92 Å². The van der Waals surface area contributed by atoms with Crippen LogP contribution in [0.15, 0.2) is 53.2 Å². The third-order valence-corrected chi connectivity index (χ3v) is 4.38. The summed E-state index contributed by atoms with van der Waals surface area (Å²) < 4.78 is 0. The number of aryl methyl sites for hydroxylation is 1. The van der Waals surface area contributed by atoms with Crippen molar-refractivity contribution in [1.82, 2.24) is 5.32 Å². The van der Waals surface area contributed by atoms with Gasteiger partial charge in [0.15, 0.2) is 0 Å². The normalized spacial score (nSPS) is 11.0. The van der Waals surface area contributed by atoms with Gasteiger partial charge < -0.3 is 5.32 Å². The van der Waals surface area contributed by atoms with Crippen LogP contribution >= 0.6 is 11.3 Å². The lowest BCUT2D eigenvalue weighted by molar-refractivity contribution is 0.695. The average molecular weight is 267 g/mol. The predicted octanol–water partition coefficient (Wildman–Crippen LogP) is 4.50. The highest BCUT2D eigenvalue weighted by atomic mass is 32.1. The molecule has 3 rings (SSSR count). The second-order valence-corrected chi connectivity index (χ2v) is 5.57. The van der Waals surface area contributed by atoms with Gasteiger partial charge in [-0.05, 0) is 45.1 Å². The van der Waals surface area contributed by atoms with E-state index >= 15 is 0 Å². The average Bonchev–Trinajstić information content (AvgIpc) is 2.85. The molecule has 1 heterocycles. The number of fused-ring (bicyclic) bond motifs is 1. The van der Waals surface area contributed by atoms with Gasteiger partial charge in [0.1, 0.15) is 0 Å². The second-order valence-electron chi connectivity index (χ2n) is 4.82. The summed E-state index contributed by atoms with van der Waals surface area (Å²) in [5, 5.41) is 10.6. The summed E-state index contributed by atoms with van der Waals surface area (Å²) in [7, 11) is 0. The van der Waals surface area contributed by atoms with Gasteiger partial charge >= 0.3 is 0 Å². The first kappa shape index (κ1) is 12.4. The van der Waals surface area contributed by atoms with E-state index in [9.17, 15) is 0 Å². The number of rotatable bonds is 4. The van der Waals surface area contributed by atoms with Gasteiger partial charge in [-0.15, -0.1) is 0 Å². The zero-order chi connectivity index (χ0) is 13.1. The summed E-state index contributed by atoms with van der Waals surface area (Å²) >= 11 is 1.78. The van der Waals surface area contributed by atoms with E-state index in [1.807, 2.05) is 0 Å². The summed E-state index contributed by atoms with van der Waals surface area (Å²) in [5.74, 6) is 0. The number of benzene rings is 2. The number of hydrogen-bond acceptors (Lipinski definition) is 2. The van der Waals surface area contributed by atoms with E-state index in [4.69, 9.17) is 0 Å². The fourth-order valence-corrected chi connectivity index (χ4v) is 3.20. The molecule has 3 aromatic rings. The minimum atomic E-state index is 0.913. The molecule has 0 aliphatic carbocycles. The molecule has 2 heteroatoms. The predicted molar refractivity (Wildman–Crippen MR) is 83.5 cm³/mol. The Morgan fingerprint density at radius 2 is 1.68 bits per heavy atom. The standard InChI is InChI=1S/C17H17NS/c1-13-11-19-12-16(13)10-18-9-15-7-4-6-14-5-2-3-8-17(14)15/h2-8,11-12,18H,9-10H2,1H3. The van der Waals surface area contributed by atoms with Crippen LogP contribution in [0.1, 0.15) is 16.7 Å². The van der Waals surface area contributed by atoms with Gasteiger partial charge in [0, 0.05) is 13.1 Å². The Morgan fingerprint density at radius 3 is 2.53 bits per heavy atom. The van der Waals surface area contributed by atoms with E-state index in [2.05, 4.69) is 65.5 Å². The maximum atomic E-state index is 3.54. The molecule has 0 saturated carbocycles. The number of thiophene rings is 1. The minimum absolute atomic E-state index is 0.913. The third kappa shape index (κ3) is 2.70. The molecule has 1 N–H and O–H groups in total. The molecule has 0 amide bonds. The summed E-state index contributed by atoms with van der Waals surface area (Å²) in [5.41, 5.74) is 4.16. The summed E-state index contributed by atoms with van der Waals surface area (Å²) in [6.07, 6.45) is 0. The largest absolute Gasteiger partial charge is 0.309 e. The summed E-state index contributed by atoms with van der Waals surface area (Å²) in [4.78, 5) is 0. The van der Waals surface area contributed by atoms with E-state index in [0.717, 1.165) is 13.1 Å². The monoisotopic (exact) mass is 267 g/mol. The van der Waals surface area contributed by atoms with Crippen LogP contribution in [0.3, 0.4) is 0 Å². The lowest BCUT2D eigenvalue weighted by atomic mass is 10.0. The fourth-order valence-electron chi connectivity index (χ4n) is 2.35. The van der Waals surface area contributed by atoms with E-state index in [1.165, 1.54) is 27.5 Å². The highest BCUT2D eigenvalue weighted by Gasteiger charge is 2.01. The fraction of sp³-hybridized carbons (Fsp3) is 0.176. The molecule has 0 radical (unpaired) electrons. The molecule has 96 valence electrons. The van der Waals surface area contributed by atoms with Crippen LogP contribution in [-0.4, -0.2) is 0 Å². The molecule has 0 bridgehead atoms. The van der Waals surface area contributed by atoms with Crippen LogP contribution in [0.25, 0.3) is 10.8 Å². The van der Waals surface area contributed by atoms with Crippen molar-refractivity contribution in [1.29, 1.82) is 0 Å². The lowest BCUT2D eigenvalue weighted by Crippen LogP contribution is -2.13. The number of hydrogen-bond donors (Lipinski definition) is 1. The van der Waals surface area contributed by atoms with Crippen molar-refractivity contribution in [2.24, 2.45) is 0 Å². The van der Waals surface area contributed by atoms with Crippen molar-refractivity contribution in [2.45, 2.75) is 20.0 Å². The Hall–Kier alpha value is -1.64. The van der Waals surface area contributed by atoms with Crippen LogP contribution in [0.5, 0.6) is 0 Å². The number of nitrogens with one attached hydrogen (secondary N) is 1. The van der Waals surface area contributed by atoms with E-state index in [-0.39, 0.29) is 0 Å². The minimum Gasteiger partial charge on any atom is -0.309 e. The quantitative estimate of drug-likeness (QED) is 0.734. The van der Waals surface area contributed by atoms with Crippen molar-refractivity contribution < 1.29 is 0 Å². The molecule has 0 aliphatic rings. The SMILES string of the molecule is Cc1cscc1CNCc1cccc2ccccc12. The maximum Gasteiger partial charge on any atom is 0.0219 e. The Morgan fingerprint density at radius 1 is 0.895 bits per heavy atom. The van der Waals surface area contributed by atoms with Gasteiger partial charge in [0.2, 0.25) is 0 Å². The van der Waals surface area contributed by atoms with E-state index in [0.29, 0.717) is 0 Å². The second kappa shape index (κ2) is 5.55. The van der Waals surface area contributed by atoms with Gasteiger partial charge in [-0.25, -0.2) is 0 Å². The van der Waals surface area contributed by atoms with Crippen molar-refractivity contribution in [3.8, 4) is 0 Å². The summed E-state index contributed by atoms with van der Waals surface area (Å²) in [6, 6.07) is 15.1.